The summed E-state index contributed by atoms with van der Waals surface area (Å²) in [5.74, 6) is -1.81. The Morgan fingerprint density at radius 1 is 1.33 bits per heavy atom. The smallest absolute Gasteiger partial charge is 0.303 e. The Morgan fingerprint density at radius 3 is 2.61 bits per heavy atom. The van der Waals surface area contributed by atoms with Crippen LogP contribution in [0.5, 0.6) is 0 Å². The van der Waals surface area contributed by atoms with E-state index in [-0.39, 0.29) is 12.3 Å². The van der Waals surface area contributed by atoms with Crippen LogP contribution in [-0.2, 0) is 11.3 Å². The van der Waals surface area contributed by atoms with E-state index in [0.29, 0.717) is 18.7 Å². The normalized spacial score (nSPS) is 20.2. The van der Waals surface area contributed by atoms with E-state index in [2.05, 4.69) is 0 Å². The number of nitrogens with zero attached hydrogens (tertiary/aromatic N) is 1. The monoisotopic (exact) mass is 255 g/mol. The minimum atomic E-state index is -0.793. The third-order valence-electron chi connectivity index (χ3n) is 3.16. The molecule has 1 aliphatic heterocycles. The molecule has 1 saturated heterocycles. The summed E-state index contributed by atoms with van der Waals surface area (Å²) in [5.41, 5.74) is 0.587. The molecule has 0 aromatic heterocycles. The molecule has 0 amide bonds. The molecule has 1 atom stereocenters. The van der Waals surface area contributed by atoms with Crippen molar-refractivity contribution in [1.29, 1.82) is 0 Å². The fourth-order valence-electron chi connectivity index (χ4n) is 2.43. The number of carboxylic acids is 1. The molecule has 3 nitrogen and oxygen atoms in total. The Morgan fingerprint density at radius 2 is 2.00 bits per heavy atom. The predicted octanol–water partition coefficient (Wildman–Crippen LogP) is 2.26. The molecular formula is C13H15F2NO2. The molecule has 5 heteroatoms. The molecular weight excluding hydrogens is 240 g/mol. The van der Waals surface area contributed by atoms with Gasteiger partial charge in [0.15, 0.2) is 0 Å². The van der Waals surface area contributed by atoms with E-state index in [4.69, 9.17) is 5.11 Å². The molecule has 1 heterocycles. The molecule has 1 N–H and O–H groups in total. The van der Waals surface area contributed by atoms with Gasteiger partial charge in [-0.05, 0) is 36.6 Å². The first kappa shape index (κ1) is 13.0. The second-order valence-corrected chi connectivity index (χ2v) is 4.77. The van der Waals surface area contributed by atoms with Crippen LogP contribution in [0.4, 0.5) is 8.78 Å². The van der Waals surface area contributed by atoms with Gasteiger partial charge in [-0.1, -0.05) is 0 Å². The van der Waals surface area contributed by atoms with E-state index in [0.717, 1.165) is 19.0 Å². The molecule has 1 unspecified atom stereocenters. The molecule has 1 aromatic rings. The molecule has 18 heavy (non-hydrogen) atoms. The minimum Gasteiger partial charge on any atom is -0.481 e. The first-order valence-electron chi connectivity index (χ1n) is 5.92. The minimum absolute atomic E-state index is 0.140. The SMILES string of the molecule is O=C(O)CC1CCN(Cc2cc(F)cc(F)c2)C1. The number of halogens is 2. The summed E-state index contributed by atoms with van der Waals surface area (Å²) in [5, 5.41) is 8.70. The highest BCUT2D eigenvalue weighted by molar-refractivity contribution is 5.67. The van der Waals surface area contributed by atoms with E-state index in [9.17, 15) is 13.6 Å². The lowest BCUT2D eigenvalue weighted by molar-refractivity contribution is -0.138. The second kappa shape index (κ2) is 5.44. The number of carboxylic acid groups (broad SMARTS) is 1. The van der Waals surface area contributed by atoms with Crippen molar-refractivity contribution in [3.8, 4) is 0 Å². The summed E-state index contributed by atoms with van der Waals surface area (Å²) >= 11 is 0. The summed E-state index contributed by atoms with van der Waals surface area (Å²) < 4.78 is 26.0. The number of benzene rings is 1. The van der Waals surface area contributed by atoms with Gasteiger partial charge in [-0.15, -0.1) is 0 Å². The summed E-state index contributed by atoms with van der Waals surface area (Å²) in [4.78, 5) is 12.6. The first-order valence-corrected chi connectivity index (χ1v) is 5.92. The molecule has 0 bridgehead atoms. The lowest BCUT2D eigenvalue weighted by Crippen LogP contribution is -2.21. The van der Waals surface area contributed by atoms with Gasteiger partial charge in [0.1, 0.15) is 11.6 Å². The van der Waals surface area contributed by atoms with Crippen LogP contribution in [0.1, 0.15) is 18.4 Å². The van der Waals surface area contributed by atoms with E-state index < -0.39 is 17.6 Å². The Kier molecular flexibility index (Phi) is 3.91. The summed E-state index contributed by atoms with van der Waals surface area (Å²) in [7, 11) is 0. The lowest BCUT2D eigenvalue weighted by atomic mass is 10.1. The van der Waals surface area contributed by atoms with Crippen LogP contribution < -0.4 is 0 Å². The second-order valence-electron chi connectivity index (χ2n) is 4.77. The van der Waals surface area contributed by atoms with E-state index in [1.807, 2.05) is 4.90 Å². The number of rotatable bonds is 4. The molecule has 1 fully saturated rings. The zero-order valence-corrected chi connectivity index (χ0v) is 9.90. The third-order valence-corrected chi connectivity index (χ3v) is 3.16. The summed E-state index contributed by atoms with van der Waals surface area (Å²) in [6, 6.07) is 3.47. The molecule has 1 aromatic carbocycles. The Hall–Kier alpha value is -1.49. The Bertz CT molecular complexity index is 430. The predicted molar refractivity (Wildman–Crippen MR) is 62.0 cm³/mol. The lowest BCUT2D eigenvalue weighted by Gasteiger charge is -2.15. The fraction of sp³-hybridized carbons (Fsp3) is 0.462. The highest BCUT2D eigenvalue weighted by Gasteiger charge is 2.24. The highest BCUT2D eigenvalue weighted by atomic mass is 19.1. The highest BCUT2D eigenvalue weighted by Crippen LogP contribution is 2.21. The Labute approximate surface area is 104 Å². The molecule has 0 radical (unpaired) electrons. The van der Waals surface area contributed by atoms with Crippen LogP contribution in [0, 0.1) is 17.6 Å². The third kappa shape index (κ3) is 3.50. The van der Waals surface area contributed by atoms with Crippen LogP contribution in [0.3, 0.4) is 0 Å². The summed E-state index contributed by atoms with van der Waals surface area (Å²) in [6.07, 6.45) is 0.984. The fourth-order valence-corrected chi connectivity index (χ4v) is 2.43. The largest absolute Gasteiger partial charge is 0.481 e. The van der Waals surface area contributed by atoms with Crippen molar-refractivity contribution in [2.45, 2.75) is 19.4 Å². The van der Waals surface area contributed by atoms with E-state index in [1.165, 1.54) is 12.1 Å². The van der Waals surface area contributed by atoms with Crippen LogP contribution in [0.25, 0.3) is 0 Å². The van der Waals surface area contributed by atoms with Crippen LogP contribution in [-0.4, -0.2) is 29.1 Å². The quantitative estimate of drug-likeness (QED) is 0.897. The van der Waals surface area contributed by atoms with Gasteiger partial charge in [-0.2, -0.15) is 0 Å². The zero-order valence-electron chi connectivity index (χ0n) is 9.90. The molecule has 98 valence electrons. The average Bonchev–Trinajstić information content (AvgIpc) is 2.62. The van der Waals surface area contributed by atoms with Gasteiger partial charge in [0.05, 0.1) is 0 Å². The van der Waals surface area contributed by atoms with Gasteiger partial charge in [-0.25, -0.2) is 8.78 Å². The van der Waals surface area contributed by atoms with Gasteiger partial charge in [-0.3, -0.25) is 9.69 Å². The zero-order chi connectivity index (χ0) is 13.1. The van der Waals surface area contributed by atoms with Gasteiger partial charge < -0.3 is 5.11 Å². The molecule has 2 rings (SSSR count). The topological polar surface area (TPSA) is 40.5 Å². The maximum Gasteiger partial charge on any atom is 0.303 e. The number of carbonyl (C=O) groups is 1. The van der Waals surface area contributed by atoms with Crippen molar-refractivity contribution >= 4 is 5.97 Å². The van der Waals surface area contributed by atoms with Crippen molar-refractivity contribution in [2.75, 3.05) is 13.1 Å². The van der Waals surface area contributed by atoms with Crippen LogP contribution >= 0.6 is 0 Å². The maximum atomic E-state index is 13.0. The van der Waals surface area contributed by atoms with Crippen LogP contribution in [0.15, 0.2) is 18.2 Å². The van der Waals surface area contributed by atoms with Crippen LogP contribution in [0.2, 0.25) is 0 Å². The number of aliphatic carboxylic acids is 1. The average molecular weight is 255 g/mol. The molecule has 1 aliphatic rings. The first-order chi connectivity index (χ1) is 8.52. The maximum absolute atomic E-state index is 13.0. The van der Waals surface area contributed by atoms with Crippen molar-refractivity contribution in [1.82, 2.24) is 4.90 Å². The summed E-state index contributed by atoms with van der Waals surface area (Å²) in [6.45, 7) is 1.91. The van der Waals surface area contributed by atoms with Crippen molar-refractivity contribution in [3.63, 3.8) is 0 Å². The molecule has 0 spiro atoms. The van der Waals surface area contributed by atoms with Crippen molar-refractivity contribution in [3.05, 3.63) is 35.4 Å². The standard InChI is InChI=1S/C13H15F2NO2/c14-11-3-10(4-12(15)6-11)8-16-2-1-9(7-16)5-13(17)18/h3-4,6,9H,1-2,5,7-8H2,(H,17,18). The van der Waals surface area contributed by atoms with E-state index in [1.54, 1.807) is 0 Å². The van der Waals surface area contributed by atoms with Crippen molar-refractivity contribution in [2.24, 2.45) is 5.92 Å². The van der Waals surface area contributed by atoms with Gasteiger partial charge >= 0.3 is 5.97 Å². The molecule has 0 aliphatic carbocycles. The van der Waals surface area contributed by atoms with Crippen molar-refractivity contribution < 1.29 is 18.7 Å². The van der Waals surface area contributed by atoms with Gasteiger partial charge in [0.2, 0.25) is 0 Å². The Balaban J connectivity index is 1.93. The van der Waals surface area contributed by atoms with Gasteiger partial charge in [0.25, 0.3) is 0 Å². The molecule has 0 saturated carbocycles. The van der Waals surface area contributed by atoms with E-state index >= 15 is 0 Å². The number of likely N-dealkylation sites (tertiary alicyclic amines) is 1. The number of hydrogen-bond acceptors (Lipinski definition) is 2. The number of hydrogen-bond donors (Lipinski definition) is 1. The van der Waals surface area contributed by atoms with Gasteiger partial charge in [0, 0.05) is 25.6 Å².